The van der Waals surface area contributed by atoms with Gasteiger partial charge in [0.1, 0.15) is 12.1 Å². The van der Waals surface area contributed by atoms with Crippen molar-refractivity contribution in [2.24, 2.45) is 5.73 Å². The number of anilines is 1. The van der Waals surface area contributed by atoms with E-state index in [1.807, 2.05) is 13.0 Å². The highest BCUT2D eigenvalue weighted by atomic mass is 15.3. The van der Waals surface area contributed by atoms with Gasteiger partial charge in [-0.3, -0.25) is 0 Å². The molecule has 0 spiro atoms. The highest BCUT2D eigenvalue weighted by Crippen LogP contribution is 2.09. The van der Waals surface area contributed by atoms with E-state index in [1.165, 1.54) is 6.33 Å². The summed E-state index contributed by atoms with van der Waals surface area (Å²) >= 11 is 0. The van der Waals surface area contributed by atoms with E-state index in [2.05, 4.69) is 20.4 Å². The Morgan fingerprint density at radius 3 is 3.20 bits per heavy atom. The van der Waals surface area contributed by atoms with Crippen molar-refractivity contribution >= 4 is 11.6 Å². The Balaban J connectivity index is 2.27. The van der Waals surface area contributed by atoms with Gasteiger partial charge in [-0.05, 0) is 19.9 Å². The molecule has 0 saturated carbocycles. The molecule has 0 aromatic carbocycles. The van der Waals surface area contributed by atoms with E-state index in [1.54, 1.807) is 4.52 Å². The van der Waals surface area contributed by atoms with Gasteiger partial charge in [-0.25, -0.2) is 4.98 Å². The SMILES string of the molecule is Cc1cc(NCCCN)n2ncnc2n1. The van der Waals surface area contributed by atoms with E-state index in [0.29, 0.717) is 12.3 Å². The van der Waals surface area contributed by atoms with Gasteiger partial charge < -0.3 is 11.1 Å². The third kappa shape index (κ3) is 2.04. The molecule has 2 aromatic heterocycles. The van der Waals surface area contributed by atoms with Crippen molar-refractivity contribution in [3.8, 4) is 0 Å². The summed E-state index contributed by atoms with van der Waals surface area (Å²) in [6.45, 7) is 3.44. The highest BCUT2D eigenvalue weighted by molar-refractivity contribution is 5.44. The maximum absolute atomic E-state index is 5.43. The molecule has 2 aromatic rings. The van der Waals surface area contributed by atoms with Gasteiger partial charge in [0.05, 0.1) is 0 Å². The van der Waals surface area contributed by atoms with Gasteiger partial charge in [0, 0.05) is 18.3 Å². The summed E-state index contributed by atoms with van der Waals surface area (Å²) in [4.78, 5) is 8.29. The van der Waals surface area contributed by atoms with Crippen LogP contribution in [0.15, 0.2) is 12.4 Å². The largest absolute Gasteiger partial charge is 0.370 e. The van der Waals surface area contributed by atoms with Gasteiger partial charge >= 0.3 is 0 Å². The molecular formula is C9H14N6. The van der Waals surface area contributed by atoms with Crippen LogP contribution in [0.5, 0.6) is 0 Å². The summed E-state index contributed by atoms with van der Waals surface area (Å²) < 4.78 is 1.68. The van der Waals surface area contributed by atoms with Crippen molar-refractivity contribution < 1.29 is 0 Å². The molecule has 0 bridgehead atoms. The van der Waals surface area contributed by atoms with E-state index >= 15 is 0 Å². The van der Waals surface area contributed by atoms with Crippen LogP contribution in [0.3, 0.4) is 0 Å². The highest BCUT2D eigenvalue weighted by Gasteiger charge is 2.03. The van der Waals surface area contributed by atoms with Gasteiger partial charge in [0.15, 0.2) is 0 Å². The summed E-state index contributed by atoms with van der Waals surface area (Å²) in [6.07, 6.45) is 2.42. The lowest BCUT2D eigenvalue weighted by atomic mass is 10.4. The molecule has 0 unspecified atom stereocenters. The van der Waals surface area contributed by atoms with E-state index < -0.39 is 0 Å². The maximum atomic E-state index is 5.43. The molecule has 0 atom stereocenters. The van der Waals surface area contributed by atoms with E-state index in [-0.39, 0.29) is 0 Å². The lowest BCUT2D eigenvalue weighted by Gasteiger charge is -2.07. The number of nitrogens with one attached hydrogen (secondary N) is 1. The summed E-state index contributed by atoms with van der Waals surface area (Å²) in [7, 11) is 0. The molecule has 80 valence electrons. The number of hydrogen-bond donors (Lipinski definition) is 2. The Morgan fingerprint density at radius 1 is 1.53 bits per heavy atom. The first-order valence-corrected chi connectivity index (χ1v) is 4.92. The van der Waals surface area contributed by atoms with E-state index in [0.717, 1.165) is 24.5 Å². The second kappa shape index (κ2) is 4.22. The monoisotopic (exact) mass is 206 g/mol. The van der Waals surface area contributed by atoms with Gasteiger partial charge in [0.2, 0.25) is 0 Å². The van der Waals surface area contributed by atoms with Crippen molar-refractivity contribution in [3.63, 3.8) is 0 Å². The van der Waals surface area contributed by atoms with Crippen LogP contribution >= 0.6 is 0 Å². The van der Waals surface area contributed by atoms with E-state index in [9.17, 15) is 0 Å². The minimum Gasteiger partial charge on any atom is -0.370 e. The molecule has 0 aliphatic heterocycles. The molecule has 0 fully saturated rings. The van der Waals surface area contributed by atoms with Gasteiger partial charge in [-0.15, -0.1) is 0 Å². The Bertz CT molecular complexity index is 449. The summed E-state index contributed by atoms with van der Waals surface area (Å²) in [5, 5.41) is 7.34. The van der Waals surface area contributed by atoms with Crippen molar-refractivity contribution in [2.75, 3.05) is 18.4 Å². The lowest BCUT2D eigenvalue weighted by Crippen LogP contribution is -2.11. The second-order valence-electron chi connectivity index (χ2n) is 3.32. The van der Waals surface area contributed by atoms with Crippen molar-refractivity contribution in [1.29, 1.82) is 0 Å². The van der Waals surface area contributed by atoms with Crippen LogP contribution in [-0.4, -0.2) is 32.7 Å². The third-order valence-electron chi connectivity index (χ3n) is 2.07. The molecular weight excluding hydrogens is 192 g/mol. The van der Waals surface area contributed by atoms with Crippen LogP contribution in [0.1, 0.15) is 12.1 Å². The van der Waals surface area contributed by atoms with Gasteiger partial charge in [-0.1, -0.05) is 0 Å². The zero-order valence-corrected chi connectivity index (χ0v) is 8.64. The Kier molecular flexibility index (Phi) is 2.77. The summed E-state index contributed by atoms with van der Waals surface area (Å²) in [5.74, 6) is 1.52. The zero-order chi connectivity index (χ0) is 10.7. The molecule has 0 aliphatic rings. The molecule has 2 rings (SSSR count). The molecule has 15 heavy (non-hydrogen) atoms. The first-order valence-electron chi connectivity index (χ1n) is 4.92. The molecule has 0 saturated heterocycles. The first-order chi connectivity index (χ1) is 7.31. The maximum Gasteiger partial charge on any atom is 0.254 e. The fourth-order valence-electron chi connectivity index (χ4n) is 1.38. The minimum absolute atomic E-state index is 0.616. The number of aromatic nitrogens is 4. The normalized spacial score (nSPS) is 10.8. The molecule has 3 N–H and O–H groups in total. The van der Waals surface area contributed by atoms with Crippen LogP contribution in [0, 0.1) is 6.92 Å². The van der Waals surface area contributed by atoms with Gasteiger partial charge in [-0.2, -0.15) is 14.6 Å². The molecule has 0 amide bonds. The molecule has 2 heterocycles. The number of aryl methyl sites for hydroxylation is 1. The Hall–Kier alpha value is -1.69. The first kappa shape index (κ1) is 9.85. The number of nitrogens with two attached hydrogens (primary N) is 1. The average molecular weight is 206 g/mol. The lowest BCUT2D eigenvalue weighted by molar-refractivity contribution is 0.850. The smallest absolute Gasteiger partial charge is 0.254 e. The Morgan fingerprint density at radius 2 is 2.40 bits per heavy atom. The van der Waals surface area contributed by atoms with Crippen LogP contribution in [-0.2, 0) is 0 Å². The topological polar surface area (TPSA) is 81.1 Å². The van der Waals surface area contributed by atoms with E-state index in [4.69, 9.17) is 5.73 Å². The van der Waals surface area contributed by atoms with Crippen molar-refractivity contribution in [3.05, 3.63) is 18.1 Å². The molecule has 6 heteroatoms. The fourth-order valence-corrected chi connectivity index (χ4v) is 1.38. The van der Waals surface area contributed by atoms with Crippen molar-refractivity contribution in [2.45, 2.75) is 13.3 Å². The predicted octanol–water partition coefficient (Wildman–Crippen LogP) is 0.193. The third-order valence-corrected chi connectivity index (χ3v) is 2.07. The Labute approximate surface area is 87.5 Å². The standard InChI is InChI=1S/C9H14N6/c1-7-5-8(11-4-2-3-10)15-9(14-7)12-6-13-15/h5-6,11H,2-4,10H2,1H3. The van der Waals surface area contributed by atoms with Crippen LogP contribution in [0.2, 0.25) is 0 Å². The number of hydrogen-bond acceptors (Lipinski definition) is 5. The zero-order valence-electron chi connectivity index (χ0n) is 8.64. The molecule has 0 radical (unpaired) electrons. The summed E-state index contributed by atoms with van der Waals surface area (Å²) in [6, 6.07) is 1.94. The van der Waals surface area contributed by atoms with Crippen LogP contribution in [0.4, 0.5) is 5.82 Å². The fraction of sp³-hybridized carbons (Fsp3) is 0.444. The molecule has 0 aliphatic carbocycles. The second-order valence-corrected chi connectivity index (χ2v) is 3.32. The quantitative estimate of drug-likeness (QED) is 0.698. The number of fused-ring (bicyclic) bond motifs is 1. The van der Waals surface area contributed by atoms with Gasteiger partial charge in [0.25, 0.3) is 5.78 Å². The number of rotatable bonds is 4. The van der Waals surface area contributed by atoms with Crippen LogP contribution < -0.4 is 11.1 Å². The minimum atomic E-state index is 0.616. The predicted molar refractivity (Wildman–Crippen MR) is 57.7 cm³/mol. The van der Waals surface area contributed by atoms with Crippen molar-refractivity contribution in [1.82, 2.24) is 19.6 Å². The summed E-state index contributed by atoms with van der Waals surface area (Å²) in [5.41, 5.74) is 6.35. The number of nitrogens with zero attached hydrogens (tertiary/aromatic N) is 4. The average Bonchev–Trinajstić information content (AvgIpc) is 2.65. The van der Waals surface area contributed by atoms with Crippen LogP contribution in [0.25, 0.3) is 5.78 Å². The molecule has 6 nitrogen and oxygen atoms in total.